The summed E-state index contributed by atoms with van der Waals surface area (Å²) in [5, 5.41) is 4.84. The molecule has 6 heteroatoms. The quantitative estimate of drug-likeness (QED) is 0.495. The molecule has 1 aromatic rings. The van der Waals surface area contributed by atoms with E-state index in [9.17, 15) is 0 Å². The number of hydrogen-bond donors (Lipinski definition) is 2. The summed E-state index contributed by atoms with van der Waals surface area (Å²) in [6.07, 6.45) is 0.312. The number of anilines is 1. The Hall–Kier alpha value is -1.46. The lowest BCUT2D eigenvalue weighted by molar-refractivity contribution is -0.0483. The molecule has 0 radical (unpaired) electrons. The van der Waals surface area contributed by atoms with Crippen molar-refractivity contribution in [2.24, 2.45) is 10.8 Å². The molecule has 19 heavy (non-hydrogen) atoms. The standard InChI is InChI=1S/C13H19ClN4O/c1-9-7-18(8-10(2)19-9)13(15)17-16-12-5-3-4-11(14)6-12/h3-6,9-10,16H,7-8H2,1-2H3,(H2,15,17). The highest BCUT2D eigenvalue weighted by Gasteiger charge is 2.23. The van der Waals surface area contributed by atoms with Gasteiger partial charge >= 0.3 is 0 Å². The van der Waals surface area contributed by atoms with Crippen molar-refractivity contribution in [3.63, 3.8) is 0 Å². The second-order valence-electron chi connectivity index (χ2n) is 4.75. The first kappa shape index (κ1) is 14.0. The van der Waals surface area contributed by atoms with Gasteiger partial charge in [-0.1, -0.05) is 17.7 Å². The van der Waals surface area contributed by atoms with E-state index in [-0.39, 0.29) is 12.2 Å². The summed E-state index contributed by atoms with van der Waals surface area (Å²) in [6.45, 7) is 5.55. The van der Waals surface area contributed by atoms with E-state index in [1.54, 1.807) is 6.07 Å². The average Bonchev–Trinajstić information content (AvgIpc) is 2.35. The van der Waals surface area contributed by atoms with Gasteiger partial charge in [0.05, 0.1) is 17.9 Å². The Kier molecular flexibility index (Phi) is 4.50. The number of nitrogens with zero attached hydrogens (tertiary/aromatic N) is 2. The summed E-state index contributed by atoms with van der Waals surface area (Å²) in [5.74, 6) is 0.460. The summed E-state index contributed by atoms with van der Waals surface area (Å²) < 4.78 is 5.65. The van der Waals surface area contributed by atoms with Crippen molar-refractivity contribution in [2.75, 3.05) is 18.5 Å². The molecule has 1 saturated heterocycles. The smallest absolute Gasteiger partial charge is 0.214 e. The third kappa shape index (κ3) is 4.01. The number of halogens is 1. The van der Waals surface area contributed by atoms with Crippen LogP contribution in [0.3, 0.4) is 0 Å². The van der Waals surface area contributed by atoms with Crippen LogP contribution in [0.5, 0.6) is 0 Å². The van der Waals surface area contributed by atoms with Gasteiger partial charge in [-0.05, 0) is 32.0 Å². The van der Waals surface area contributed by atoms with Crippen LogP contribution in [-0.2, 0) is 4.74 Å². The number of hydrogen-bond acceptors (Lipinski definition) is 3. The maximum absolute atomic E-state index is 5.98. The monoisotopic (exact) mass is 282 g/mol. The van der Waals surface area contributed by atoms with Crippen molar-refractivity contribution < 1.29 is 4.74 Å². The summed E-state index contributed by atoms with van der Waals surface area (Å²) in [7, 11) is 0. The predicted octanol–water partition coefficient (Wildman–Crippen LogP) is 2.09. The third-order valence-corrected chi connectivity index (χ3v) is 3.10. The van der Waals surface area contributed by atoms with E-state index in [4.69, 9.17) is 22.1 Å². The summed E-state index contributed by atoms with van der Waals surface area (Å²) in [5.41, 5.74) is 9.70. The molecule has 1 aliphatic heterocycles. The molecular formula is C13H19ClN4O. The minimum absolute atomic E-state index is 0.156. The maximum atomic E-state index is 5.98. The molecule has 0 saturated carbocycles. The number of guanidine groups is 1. The molecule has 2 unspecified atom stereocenters. The number of benzene rings is 1. The molecule has 1 aliphatic rings. The first-order valence-corrected chi connectivity index (χ1v) is 6.67. The van der Waals surface area contributed by atoms with E-state index in [1.807, 2.05) is 36.9 Å². The minimum Gasteiger partial charge on any atom is -0.372 e. The van der Waals surface area contributed by atoms with Gasteiger partial charge in [0, 0.05) is 18.1 Å². The molecule has 5 nitrogen and oxygen atoms in total. The second-order valence-corrected chi connectivity index (χ2v) is 5.19. The van der Waals surface area contributed by atoms with E-state index in [0.29, 0.717) is 11.0 Å². The maximum Gasteiger partial charge on any atom is 0.214 e. The summed E-state index contributed by atoms with van der Waals surface area (Å²) >= 11 is 5.90. The number of ether oxygens (including phenoxy) is 1. The van der Waals surface area contributed by atoms with Crippen molar-refractivity contribution in [2.45, 2.75) is 26.1 Å². The summed E-state index contributed by atoms with van der Waals surface area (Å²) in [4.78, 5) is 2.01. The number of morpholine rings is 1. The van der Waals surface area contributed by atoms with Crippen molar-refractivity contribution in [1.82, 2.24) is 4.90 Å². The van der Waals surface area contributed by atoms with E-state index >= 15 is 0 Å². The first-order chi connectivity index (χ1) is 9.04. The fourth-order valence-electron chi connectivity index (χ4n) is 2.12. The van der Waals surface area contributed by atoms with Crippen LogP contribution in [-0.4, -0.2) is 36.2 Å². The van der Waals surface area contributed by atoms with Crippen molar-refractivity contribution in [1.29, 1.82) is 0 Å². The number of nitrogens with one attached hydrogen (secondary N) is 1. The first-order valence-electron chi connectivity index (χ1n) is 6.29. The zero-order valence-electron chi connectivity index (χ0n) is 11.1. The normalized spacial score (nSPS) is 24.4. The van der Waals surface area contributed by atoms with E-state index in [2.05, 4.69) is 10.5 Å². The molecule has 2 atom stereocenters. The van der Waals surface area contributed by atoms with E-state index < -0.39 is 0 Å². The number of rotatable bonds is 2. The molecule has 0 spiro atoms. The van der Waals surface area contributed by atoms with Crippen LogP contribution in [0.25, 0.3) is 0 Å². The van der Waals surface area contributed by atoms with Crippen LogP contribution in [0.15, 0.2) is 29.4 Å². The Bertz CT molecular complexity index is 456. The van der Waals surface area contributed by atoms with Crippen LogP contribution in [0, 0.1) is 0 Å². The SMILES string of the molecule is CC1CN(/C(N)=N/Nc2cccc(Cl)c2)CC(C)O1. The molecule has 0 aromatic heterocycles. The van der Waals surface area contributed by atoms with Crippen LogP contribution >= 0.6 is 11.6 Å². The van der Waals surface area contributed by atoms with Gasteiger partial charge in [-0.15, -0.1) is 5.10 Å². The van der Waals surface area contributed by atoms with Gasteiger partial charge in [0.25, 0.3) is 0 Å². The van der Waals surface area contributed by atoms with Gasteiger partial charge in [-0.3, -0.25) is 5.43 Å². The zero-order valence-corrected chi connectivity index (χ0v) is 11.9. The fraction of sp³-hybridized carbons (Fsp3) is 0.462. The van der Waals surface area contributed by atoms with Crippen LogP contribution in [0.2, 0.25) is 5.02 Å². The minimum atomic E-state index is 0.156. The van der Waals surface area contributed by atoms with Gasteiger partial charge < -0.3 is 15.4 Å². The lowest BCUT2D eigenvalue weighted by Gasteiger charge is -2.35. The highest BCUT2D eigenvalue weighted by atomic mass is 35.5. The largest absolute Gasteiger partial charge is 0.372 e. The predicted molar refractivity (Wildman–Crippen MR) is 78.3 cm³/mol. The fourth-order valence-corrected chi connectivity index (χ4v) is 2.31. The molecule has 1 heterocycles. The third-order valence-electron chi connectivity index (χ3n) is 2.87. The Morgan fingerprint density at radius 2 is 2.11 bits per heavy atom. The molecule has 1 fully saturated rings. The average molecular weight is 283 g/mol. The number of nitrogens with two attached hydrogens (primary N) is 1. The summed E-state index contributed by atoms with van der Waals surface area (Å²) in [6, 6.07) is 7.34. The molecular weight excluding hydrogens is 264 g/mol. The van der Waals surface area contributed by atoms with E-state index in [1.165, 1.54) is 0 Å². The highest BCUT2D eigenvalue weighted by molar-refractivity contribution is 6.30. The van der Waals surface area contributed by atoms with Crippen LogP contribution in [0.4, 0.5) is 5.69 Å². The topological polar surface area (TPSA) is 62.9 Å². The Labute approximate surface area is 118 Å². The van der Waals surface area contributed by atoms with Gasteiger partial charge in [0.1, 0.15) is 0 Å². The lowest BCUT2D eigenvalue weighted by Crippen LogP contribution is -2.51. The van der Waals surface area contributed by atoms with E-state index in [0.717, 1.165) is 18.8 Å². The molecule has 3 N–H and O–H groups in total. The molecule has 0 bridgehead atoms. The molecule has 1 aromatic carbocycles. The van der Waals surface area contributed by atoms with Crippen molar-refractivity contribution in [3.05, 3.63) is 29.3 Å². The number of hydrazone groups is 1. The highest BCUT2D eigenvalue weighted by Crippen LogP contribution is 2.15. The lowest BCUT2D eigenvalue weighted by atomic mass is 10.2. The zero-order chi connectivity index (χ0) is 13.8. The Morgan fingerprint density at radius 3 is 2.74 bits per heavy atom. The van der Waals surface area contributed by atoms with Crippen LogP contribution in [0.1, 0.15) is 13.8 Å². The molecule has 2 rings (SSSR count). The van der Waals surface area contributed by atoms with Gasteiger partial charge in [-0.2, -0.15) is 0 Å². The second kappa shape index (κ2) is 6.12. The van der Waals surface area contributed by atoms with Gasteiger partial charge in [-0.25, -0.2) is 0 Å². The Morgan fingerprint density at radius 1 is 1.42 bits per heavy atom. The van der Waals surface area contributed by atoms with Crippen LogP contribution < -0.4 is 11.2 Å². The van der Waals surface area contributed by atoms with Crippen molar-refractivity contribution >= 4 is 23.2 Å². The Balaban J connectivity index is 1.98. The van der Waals surface area contributed by atoms with Crippen molar-refractivity contribution in [3.8, 4) is 0 Å². The van der Waals surface area contributed by atoms with Gasteiger partial charge in [0.15, 0.2) is 0 Å². The molecule has 0 amide bonds. The molecule has 0 aliphatic carbocycles. The van der Waals surface area contributed by atoms with Gasteiger partial charge in [0.2, 0.25) is 5.96 Å². The molecule has 104 valence electrons.